The van der Waals surface area contributed by atoms with Gasteiger partial charge in [-0.3, -0.25) is 4.79 Å². The zero-order valence-corrected chi connectivity index (χ0v) is 8.46. The minimum atomic E-state index is 0.255. The number of carbonyl (C=O) groups is 1. The molecule has 1 aliphatic heterocycles. The van der Waals surface area contributed by atoms with E-state index in [2.05, 4.69) is 13.5 Å². The molecule has 1 saturated heterocycles. The minimum absolute atomic E-state index is 0.255. The first-order valence-corrected chi connectivity index (χ1v) is 5.22. The number of hydrogen-bond donors (Lipinski definition) is 0. The minimum Gasteiger partial charge on any atom is -0.319 e. The molecule has 74 valence electrons. The van der Waals surface area contributed by atoms with Crippen LogP contribution in [0.3, 0.4) is 0 Å². The molecule has 1 atom stereocenters. The quantitative estimate of drug-likeness (QED) is 0.655. The fourth-order valence-corrected chi connectivity index (χ4v) is 1.94. The maximum Gasteiger partial charge on any atom is 0.229 e. The molecule has 0 aromatic carbocycles. The number of rotatable bonds is 3. The standard InChI is InChI=1S/C11H19NO/c1-3-7-10-8-5-6-9-12(4-2)11(10)13/h4,10H,2-3,5-9H2,1H3. The van der Waals surface area contributed by atoms with E-state index in [1.807, 2.05) is 0 Å². The van der Waals surface area contributed by atoms with Crippen LogP contribution in [0.4, 0.5) is 0 Å². The molecule has 0 saturated carbocycles. The first-order valence-electron chi connectivity index (χ1n) is 5.22. The molecule has 0 bridgehead atoms. The van der Waals surface area contributed by atoms with Crippen molar-refractivity contribution in [1.82, 2.24) is 4.90 Å². The summed E-state index contributed by atoms with van der Waals surface area (Å²) in [6, 6.07) is 0. The summed E-state index contributed by atoms with van der Waals surface area (Å²) in [5.41, 5.74) is 0. The number of nitrogens with zero attached hydrogens (tertiary/aromatic N) is 1. The second-order valence-electron chi connectivity index (χ2n) is 3.70. The van der Waals surface area contributed by atoms with E-state index < -0.39 is 0 Å². The van der Waals surface area contributed by atoms with Gasteiger partial charge in [-0.2, -0.15) is 0 Å². The van der Waals surface area contributed by atoms with Crippen LogP contribution in [0.1, 0.15) is 39.0 Å². The molecule has 1 unspecified atom stereocenters. The van der Waals surface area contributed by atoms with E-state index in [4.69, 9.17) is 0 Å². The lowest BCUT2D eigenvalue weighted by Gasteiger charge is -2.19. The Balaban J connectivity index is 2.61. The first-order chi connectivity index (χ1) is 6.29. The second kappa shape index (κ2) is 5.05. The summed E-state index contributed by atoms with van der Waals surface area (Å²) < 4.78 is 0. The van der Waals surface area contributed by atoms with Crippen LogP contribution in [0.15, 0.2) is 12.8 Å². The SMILES string of the molecule is C=CN1CCCCC(CCC)C1=O. The van der Waals surface area contributed by atoms with Gasteiger partial charge in [0.05, 0.1) is 0 Å². The molecule has 1 aliphatic rings. The Hall–Kier alpha value is -0.790. The second-order valence-corrected chi connectivity index (χ2v) is 3.70. The third-order valence-electron chi connectivity index (χ3n) is 2.69. The van der Waals surface area contributed by atoms with Gasteiger partial charge in [0, 0.05) is 12.5 Å². The molecular formula is C11H19NO. The van der Waals surface area contributed by atoms with Crippen LogP contribution >= 0.6 is 0 Å². The van der Waals surface area contributed by atoms with Gasteiger partial charge in [-0.1, -0.05) is 26.3 Å². The molecule has 13 heavy (non-hydrogen) atoms. The number of amides is 1. The summed E-state index contributed by atoms with van der Waals surface area (Å²) in [7, 11) is 0. The molecule has 1 rings (SSSR count). The Kier molecular flexibility index (Phi) is 4.00. The Morgan fingerprint density at radius 1 is 1.62 bits per heavy atom. The smallest absolute Gasteiger partial charge is 0.229 e. The normalized spacial score (nSPS) is 24.2. The molecule has 2 nitrogen and oxygen atoms in total. The highest BCUT2D eigenvalue weighted by Gasteiger charge is 2.24. The van der Waals surface area contributed by atoms with Crippen molar-refractivity contribution < 1.29 is 4.79 Å². The fourth-order valence-electron chi connectivity index (χ4n) is 1.94. The van der Waals surface area contributed by atoms with E-state index in [1.165, 1.54) is 6.42 Å². The Morgan fingerprint density at radius 2 is 2.38 bits per heavy atom. The molecule has 0 aromatic heterocycles. The summed E-state index contributed by atoms with van der Waals surface area (Å²) in [4.78, 5) is 13.6. The maximum absolute atomic E-state index is 11.8. The average Bonchev–Trinajstić information content (AvgIpc) is 2.30. The van der Waals surface area contributed by atoms with E-state index in [-0.39, 0.29) is 11.8 Å². The van der Waals surface area contributed by atoms with E-state index in [0.29, 0.717) is 0 Å². The lowest BCUT2D eigenvalue weighted by atomic mass is 9.97. The average molecular weight is 181 g/mol. The van der Waals surface area contributed by atoms with E-state index in [9.17, 15) is 4.79 Å². The zero-order valence-electron chi connectivity index (χ0n) is 8.46. The monoisotopic (exact) mass is 181 g/mol. The van der Waals surface area contributed by atoms with Crippen molar-refractivity contribution in [3.63, 3.8) is 0 Å². The van der Waals surface area contributed by atoms with E-state index in [0.717, 1.165) is 32.2 Å². The van der Waals surface area contributed by atoms with Crippen molar-refractivity contribution in [3.8, 4) is 0 Å². The summed E-state index contributed by atoms with van der Waals surface area (Å²) in [5, 5.41) is 0. The van der Waals surface area contributed by atoms with Gasteiger partial charge < -0.3 is 4.90 Å². The number of likely N-dealkylation sites (tertiary alicyclic amines) is 1. The predicted molar refractivity (Wildman–Crippen MR) is 54.2 cm³/mol. The lowest BCUT2D eigenvalue weighted by Crippen LogP contribution is -2.30. The van der Waals surface area contributed by atoms with Crippen LogP contribution in [-0.2, 0) is 4.79 Å². The van der Waals surface area contributed by atoms with Crippen LogP contribution in [-0.4, -0.2) is 17.4 Å². The van der Waals surface area contributed by atoms with E-state index >= 15 is 0 Å². The van der Waals surface area contributed by atoms with Gasteiger partial charge in [0.1, 0.15) is 0 Å². The molecule has 0 spiro atoms. The Morgan fingerprint density at radius 3 is 3.00 bits per heavy atom. The van der Waals surface area contributed by atoms with Crippen molar-refractivity contribution in [2.24, 2.45) is 5.92 Å². The molecule has 0 aromatic rings. The van der Waals surface area contributed by atoms with Crippen LogP contribution in [0.2, 0.25) is 0 Å². The van der Waals surface area contributed by atoms with Gasteiger partial charge in [-0.25, -0.2) is 0 Å². The fraction of sp³-hybridized carbons (Fsp3) is 0.727. The highest BCUT2D eigenvalue weighted by molar-refractivity contribution is 5.79. The maximum atomic E-state index is 11.8. The van der Waals surface area contributed by atoms with Crippen LogP contribution < -0.4 is 0 Å². The number of hydrogen-bond acceptors (Lipinski definition) is 1. The van der Waals surface area contributed by atoms with Crippen LogP contribution in [0.5, 0.6) is 0 Å². The van der Waals surface area contributed by atoms with Gasteiger partial charge in [0.15, 0.2) is 0 Å². The molecule has 2 heteroatoms. The molecule has 0 aliphatic carbocycles. The van der Waals surface area contributed by atoms with Crippen LogP contribution in [0, 0.1) is 5.92 Å². The lowest BCUT2D eigenvalue weighted by molar-refractivity contribution is -0.132. The summed E-state index contributed by atoms with van der Waals surface area (Å²) in [6.45, 7) is 6.68. The topological polar surface area (TPSA) is 20.3 Å². The van der Waals surface area contributed by atoms with Gasteiger partial charge >= 0.3 is 0 Å². The van der Waals surface area contributed by atoms with E-state index in [1.54, 1.807) is 11.1 Å². The van der Waals surface area contributed by atoms with Crippen molar-refractivity contribution in [1.29, 1.82) is 0 Å². The highest BCUT2D eigenvalue weighted by Crippen LogP contribution is 2.21. The first kappa shape index (κ1) is 10.3. The largest absolute Gasteiger partial charge is 0.319 e. The summed E-state index contributed by atoms with van der Waals surface area (Å²) in [5.74, 6) is 0.542. The van der Waals surface area contributed by atoms with Gasteiger partial charge in [0.2, 0.25) is 5.91 Å². The molecule has 1 fully saturated rings. The molecular weight excluding hydrogens is 162 g/mol. The van der Waals surface area contributed by atoms with Crippen LogP contribution in [0.25, 0.3) is 0 Å². The van der Waals surface area contributed by atoms with Gasteiger partial charge in [-0.15, -0.1) is 0 Å². The van der Waals surface area contributed by atoms with Crippen molar-refractivity contribution in [2.75, 3.05) is 6.54 Å². The Bertz CT molecular complexity index is 189. The van der Waals surface area contributed by atoms with Crippen molar-refractivity contribution in [2.45, 2.75) is 39.0 Å². The van der Waals surface area contributed by atoms with Gasteiger partial charge in [-0.05, 0) is 25.5 Å². The molecule has 0 N–H and O–H groups in total. The van der Waals surface area contributed by atoms with Crippen molar-refractivity contribution in [3.05, 3.63) is 12.8 Å². The third-order valence-corrected chi connectivity index (χ3v) is 2.69. The zero-order chi connectivity index (χ0) is 9.68. The molecule has 1 amide bonds. The third kappa shape index (κ3) is 2.58. The summed E-state index contributed by atoms with van der Waals surface area (Å²) in [6.07, 6.45) is 7.18. The number of carbonyl (C=O) groups excluding carboxylic acids is 1. The molecule has 1 heterocycles. The van der Waals surface area contributed by atoms with Gasteiger partial charge in [0.25, 0.3) is 0 Å². The predicted octanol–water partition coefficient (Wildman–Crippen LogP) is 2.56. The highest BCUT2D eigenvalue weighted by atomic mass is 16.2. The molecule has 0 radical (unpaired) electrons. The Labute approximate surface area is 80.6 Å². The van der Waals surface area contributed by atoms with Crippen molar-refractivity contribution >= 4 is 5.91 Å². The summed E-state index contributed by atoms with van der Waals surface area (Å²) >= 11 is 0.